The Balaban J connectivity index is 1.53. The van der Waals surface area contributed by atoms with Crippen molar-refractivity contribution in [3.63, 3.8) is 0 Å². The molecule has 1 aromatic carbocycles. The molecule has 0 bridgehead atoms. The Hall–Kier alpha value is -2.67. The zero-order chi connectivity index (χ0) is 19.4. The number of hydrogen-bond acceptors (Lipinski definition) is 6. The van der Waals surface area contributed by atoms with E-state index in [2.05, 4.69) is 19.8 Å². The number of aliphatic carboxylic acids is 1. The summed E-state index contributed by atoms with van der Waals surface area (Å²) >= 11 is 0. The first-order valence-electron chi connectivity index (χ1n) is 9.18. The molecule has 1 aliphatic rings. The van der Waals surface area contributed by atoms with Crippen LogP contribution in [0.25, 0.3) is 0 Å². The van der Waals surface area contributed by atoms with E-state index in [1.165, 1.54) is 12.5 Å². The molecule has 0 unspecified atom stereocenters. The van der Waals surface area contributed by atoms with Crippen LogP contribution in [0.3, 0.4) is 0 Å². The Morgan fingerprint density at radius 3 is 2.48 bits per heavy atom. The molecule has 7 nitrogen and oxygen atoms in total. The quantitative estimate of drug-likeness (QED) is 0.835. The van der Waals surface area contributed by atoms with Gasteiger partial charge in [-0.05, 0) is 38.5 Å². The zero-order valence-electron chi connectivity index (χ0n) is 16.1. The van der Waals surface area contributed by atoms with Crippen LogP contribution >= 0.6 is 0 Å². The van der Waals surface area contributed by atoms with Crippen molar-refractivity contribution in [2.45, 2.75) is 33.4 Å². The van der Waals surface area contributed by atoms with Gasteiger partial charge in [0.25, 0.3) is 0 Å². The summed E-state index contributed by atoms with van der Waals surface area (Å²) in [5.41, 5.74) is 3.10. The SMILES string of the molecule is Cc1cnc(C)c(N2CCN(Cc3ccc(O[C@H](C)C(=O)O)cc3)CC2)n1. The van der Waals surface area contributed by atoms with E-state index in [4.69, 9.17) is 9.84 Å². The summed E-state index contributed by atoms with van der Waals surface area (Å²) in [5, 5.41) is 8.91. The maximum Gasteiger partial charge on any atom is 0.344 e. The molecule has 2 heterocycles. The molecule has 0 saturated carbocycles. The molecule has 1 fully saturated rings. The van der Waals surface area contributed by atoms with Gasteiger partial charge in [-0.1, -0.05) is 12.1 Å². The van der Waals surface area contributed by atoms with Crippen LogP contribution in [0.5, 0.6) is 5.75 Å². The molecular weight excluding hydrogens is 344 g/mol. The van der Waals surface area contributed by atoms with Crippen molar-refractivity contribution in [2.75, 3.05) is 31.1 Å². The maximum absolute atomic E-state index is 10.9. The number of benzene rings is 1. The van der Waals surface area contributed by atoms with Crippen LogP contribution in [-0.4, -0.2) is 58.2 Å². The van der Waals surface area contributed by atoms with E-state index < -0.39 is 12.1 Å². The van der Waals surface area contributed by atoms with Crippen molar-refractivity contribution in [3.8, 4) is 5.75 Å². The number of rotatable bonds is 6. The normalized spacial score (nSPS) is 16.2. The molecule has 7 heteroatoms. The number of anilines is 1. The molecule has 3 rings (SSSR count). The monoisotopic (exact) mass is 370 g/mol. The van der Waals surface area contributed by atoms with Crippen molar-refractivity contribution in [1.82, 2.24) is 14.9 Å². The van der Waals surface area contributed by atoms with Crippen LogP contribution in [0, 0.1) is 13.8 Å². The van der Waals surface area contributed by atoms with Crippen LogP contribution in [0.2, 0.25) is 0 Å². The summed E-state index contributed by atoms with van der Waals surface area (Å²) in [6, 6.07) is 7.65. The van der Waals surface area contributed by atoms with Crippen LogP contribution < -0.4 is 9.64 Å². The van der Waals surface area contributed by atoms with Gasteiger partial charge in [-0.15, -0.1) is 0 Å². The standard InChI is InChI=1S/C20H26N4O3/c1-14-12-21-15(2)19(22-14)24-10-8-23(9-11-24)13-17-4-6-18(7-5-17)27-16(3)20(25)26/h4-7,12,16H,8-11,13H2,1-3H3,(H,25,26)/t16-/m1/s1. The minimum absolute atomic E-state index is 0.576. The van der Waals surface area contributed by atoms with Crippen molar-refractivity contribution in [3.05, 3.63) is 47.4 Å². The Bertz CT molecular complexity index is 786. The first-order chi connectivity index (χ1) is 12.9. The number of carboxylic acid groups (broad SMARTS) is 1. The fraction of sp³-hybridized carbons (Fsp3) is 0.450. The second-order valence-corrected chi connectivity index (χ2v) is 6.93. The van der Waals surface area contributed by atoms with Crippen molar-refractivity contribution in [2.24, 2.45) is 0 Å². The van der Waals surface area contributed by atoms with Crippen molar-refractivity contribution < 1.29 is 14.6 Å². The number of hydrogen-bond donors (Lipinski definition) is 1. The van der Waals surface area contributed by atoms with E-state index in [0.717, 1.165) is 49.9 Å². The lowest BCUT2D eigenvalue weighted by molar-refractivity contribution is -0.144. The molecule has 0 aliphatic carbocycles. The molecular formula is C20H26N4O3. The summed E-state index contributed by atoms with van der Waals surface area (Å²) in [7, 11) is 0. The van der Waals surface area contributed by atoms with Gasteiger partial charge in [-0.25, -0.2) is 9.78 Å². The molecule has 27 heavy (non-hydrogen) atoms. The summed E-state index contributed by atoms with van der Waals surface area (Å²) in [4.78, 5) is 24.6. The number of carboxylic acids is 1. The summed E-state index contributed by atoms with van der Waals surface area (Å²) in [6.07, 6.45) is 0.955. The predicted molar refractivity (Wildman–Crippen MR) is 103 cm³/mol. The fourth-order valence-electron chi connectivity index (χ4n) is 3.13. The molecule has 1 aliphatic heterocycles. The number of ether oxygens (including phenoxy) is 1. The van der Waals surface area contributed by atoms with Gasteiger partial charge in [-0.3, -0.25) is 9.88 Å². The minimum Gasteiger partial charge on any atom is -0.479 e. The largest absolute Gasteiger partial charge is 0.479 e. The lowest BCUT2D eigenvalue weighted by Gasteiger charge is -2.35. The lowest BCUT2D eigenvalue weighted by Crippen LogP contribution is -2.46. The Morgan fingerprint density at radius 1 is 1.19 bits per heavy atom. The molecule has 0 spiro atoms. The number of aromatic nitrogens is 2. The second kappa shape index (κ2) is 8.35. The van der Waals surface area contributed by atoms with Gasteiger partial charge in [0.05, 0.1) is 11.4 Å². The van der Waals surface area contributed by atoms with E-state index in [0.29, 0.717) is 5.75 Å². The average Bonchev–Trinajstić information content (AvgIpc) is 2.66. The van der Waals surface area contributed by atoms with Gasteiger partial charge in [0.15, 0.2) is 6.10 Å². The summed E-state index contributed by atoms with van der Waals surface area (Å²) in [6.45, 7) is 10.1. The van der Waals surface area contributed by atoms with E-state index in [9.17, 15) is 4.79 Å². The zero-order valence-corrected chi connectivity index (χ0v) is 16.1. The highest BCUT2D eigenvalue weighted by Crippen LogP contribution is 2.19. The molecule has 1 saturated heterocycles. The van der Waals surface area contributed by atoms with Crippen LogP contribution in [-0.2, 0) is 11.3 Å². The molecule has 1 aromatic heterocycles. The van der Waals surface area contributed by atoms with Gasteiger partial charge >= 0.3 is 5.97 Å². The molecule has 0 radical (unpaired) electrons. The Labute approximate surface area is 159 Å². The predicted octanol–water partition coefficient (Wildman–Crippen LogP) is 2.27. The van der Waals surface area contributed by atoms with Gasteiger partial charge in [-0.2, -0.15) is 0 Å². The topological polar surface area (TPSA) is 78.8 Å². The number of aryl methyl sites for hydroxylation is 2. The fourth-order valence-corrected chi connectivity index (χ4v) is 3.13. The highest BCUT2D eigenvalue weighted by atomic mass is 16.5. The molecule has 2 aromatic rings. The minimum atomic E-state index is -0.967. The van der Waals surface area contributed by atoms with E-state index in [1.54, 1.807) is 6.20 Å². The van der Waals surface area contributed by atoms with E-state index >= 15 is 0 Å². The highest BCUT2D eigenvalue weighted by molar-refractivity contribution is 5.72. The first kappa shape index (κ1) is 19.1. The third-order valence-electron chi connectivity index (χ3n) is 4.71. The van der Waals surface area contributed by atoms with Crippen LogP contribution in [0.15, 0.2) is 30.5 Å². The van der Waals surface area contributed by atoms with Crippen molar-refractivity contribution >= 4 is 11.8 Å². The van der Waals surface area contributed by atoms with Gasteiger partial charge in [0.2, 0.25) is 0 Å². The molecule has 1 atom stereocenters. The van der Waals surface area contributed by atoms with Crippen LogP contribution in [0.4, 0.5) is 5.82 Å². The summed E-state index contributed by atoms with van der Waals surface area (Å²) < 4.78 is 5.37. The lowest BCUT2D eigenvalue weighted by atomic mass is 10.2. The maximum atomic E-state index is 10.9. The third-order valence-corrected chi connectivity index (χ3v) is 4.71. The van der Waals surface area contributed by atoms with Gasteiger partial charge in [0.1, 0.15) is 11.6 Å². The Kier molecular flexibility index (Phi) is 5.91. The van der Waals surface area contributed by atoms with Crippen molar-refractivity contribution in [1.29, 1.82) is 0 Å². The van der Waals surface area contributed by atoms with Gasteiger partial charge in [0, 0.05) is 38.9 Å². The number of carbonyl (C=O) groups is 1. The molecule has 1 N–H and O–H groups in total. The van der Waals surface area contributed by atoms with Crippen LogP contribution in [0.1, 0.15) is 23.9 Å². The van der Waals surface area contributed by atoms with Gasteiger partial charge < -0.3 is 14.7 Å². The van der Waals surface area contributed by atoms with E-state index in [-0.39, 0.29) is 0 Å². The average molecular weight is 370 g/mol. The molecule has 144 valence electrons. The first-order valence-corrected chi connectivity index (χ1v) is 9.18. The number of piperazine rings is 1. The molecule has 0 amide bonds. The Morgan fingerprint density at radius 2 is 1.85 bits per heavy atom. The third kappa shape index (κ3) is 4.95. The smallest absolute Gasteiger partial charge is 0.344 e. The summed E-state index contributed by atoms with van der Waals surface area (Å²) in [5.74, 6) is 0.598. The number of nitrogens with zero attached hydrogens (tertiary/aromatic N) is 4. The van der Waals surface area contributed by atoms with E-state index in [1.807, 2.05) is 38.1 Å². The second-order valence-electron chi connectivity index (χ2n) is 6.93. The highest BCUT2D eigenvalue weighted by Gasteiger charge is 2.20.